The number of esters is 1. The van der Waals surface area contributed by atoms with Gasteiger partial charge >= 0.3 is 5.97 Å². The van der Waals surface area contributed by atoms with Crippen molar-refractivity contribution in [3.63, 3.8) is 0 Å². The molecule has 0 spiro atoms. The van der Waals surface area contributed by atoms with Crippen molar-refractivity contribution in [1.82, 2.24) is 14.0 Å². The Balaban J connectivity index is 1.56. The molecule has 0 aliphatic heterocycles. The van der Waals surface area contributed by atoms with Crippen LogP contribution in [0.25, 0.3) is 16.7 Å². The van der Waals surface area contributed by atoms with E-state index in [0.717, 1.165) is 5.56 Å². The highest BCUT2D eigenvalue weighted by molar-refractivity contribution is 6.06. The van der Waals surface area contributed by atoms with Crippen LogP contribution < -0.4 is 10.9 Å². The van der Waals surface area contributed by atoms with Gasteiger partial charge in [0.2, 0.25) is 0 Å². The standard InChI is InChI=1S/C27H22N4O4/c1-2-35-27(34)19-11-13-20(14-12-19)28-25(32)22-16-21-24(31(22)17-18-8-4-3-5-9-18)29-23-10-6-7-15-30(23)26(21)33/h3-16H,2,17H2,1H3,(H,28,32). The van der Waals surface area contributed by atoms with Crippen molar-refractivity contribution >= 4 is 34.2 Å². The van der Waals surface area contributed by atoms with Crippen LogP contribution in [-0.2, 0) is 11.3 Å². The van der Waals surface area contributed by atoms with E-state index < -0.39 is 11.9 Å². The lowest BCUT2D eigenvalue weighted by Gasteiger charge is -2.11. The zero-order valence-corrected chi connectivity index (χ0v) is 19.0. The molecular formula is C27H22N4O4. The number of aromatic nitrogens is 3. The Morgan fingerprint density at radius 1 is 0.971 bits per heavy atom. The minimum absolute atomic E-state index is 0.245. The van der Waals surface area contributed by atoms with E-state index in [-0.39, 0.29) is 12.2 Å². The zero-order valence-electron chi connectivity index (χ0n) is 19.0. The predicted octanol–water partition coefficient (Wildman–Crippen LogP) is 4.13. The molecule has 8 nitrogen and oxygen atoms in total. The minimum atomic E-state index is -0.424. The van der Waals surface area contributed by atoms with Crippen LogP contribution >= 0.6 is 0 Å². The number of nitrogens with one attached hydrogen (secondary N) is 1. The van der Waals surface area contributed by atoms with Gasteiger partial charge in [0.25, 0.3) is 11.5 Å². The molecule has 1 amide bonds. The highest BCUT2D eigenvalue weighted by atomic mass is 16.5. The van der Waals surface area contributed by atoms with Gasteiger partial charge in [-0.3, -0.25) is 14.0 Å². The largest absolute Gasteiger partial charge is 0.462 e. The van der Waals surface area contributed by atoms with Gasteiger partial charge < -0.3 is 14.6 Å². The third kappa shape index (κ3) is 4.29. The first-order chi connectivity index (χ1) is 17.0. The number of fused-ring (bicyclic) bond motifs is 2. The number of amides is 1. The molecule has 3 heterocycles. The van der Waals surface area contributed by atoms with Crippen molar-refractivity contribution in [1.29, 1.82) is 0 Å². The van der Waals surface area contributed by atoms with Crippen molar-refractivity contribution in [3.8, 4) is 0 Å². The topological polar surface area (TPSA) is 94.7 Å². The fraction of sp³-hybridized carbons (Fsp3) is 0.111. The molecule has 0 aliphatic rings. The molecule has 1 N–H and O–H groups in total. The average molecular weight is 466 g/mol. The maximum absolute atomic E-state index is 13.4. The van der Waals surface area contributed by atoms with Crippen LogP contribution in [0, 0.1) is 0 Å². The second kappa shape index (κ2) is 9.26. The Bertz CT molecular complexity index is 1600. The summed E-state index contributed by atoms with van der Waals surface area (Å²) in [5.41, 5.74) is 2.87. The summed E-state index contributed by atoms with van der Waals surface area (Å²) in [5, 5.41) is 3.21. The van der Waals surface area contributed by atoms with Gasteiger partial charge in [-0.15, -0.1) is 0 Å². The summed E-state index contributed by atoms with van der Waals surface area (Å²) in [6, 6.07) is 23.0. The summed E-state index contributed by atoms with van der Waals surface area (Å²) >= 11 is 0. The second-order valence-electron chi connectivity index (χ2n) is 7.94. The molecule has 8 heteroatoms. The molecule has 5 rings (SSSR count). The number of hydrogen-bond donors (Lipinski definition) is 1. The van der Waals surface area contributed by atoms with Gasteiger partial charge in [0.05, 0.1) is 17.6 Å². The molecule has 3 aromatic heterocycles. The van der Waals surface area contributed by atoms with E-state index in [1.165, 1.54) is 4.40 Å². The number of benzene rings is 2. The Hall–Kier alpha value is -4.72. The molecule has 174 valence electrons. The lowest BCUT2D eigenvalue weighted by Crippen LogP contribution is -2.18. The van der Waals surface area contributed by atoms with Crippen LogP contribution in [0.15, 0.2) is 89.9 Å². The van der Waals surface area contributed by atoms with Crippen molar-refractivity contribution in [3.05, 3.63) is 112 Å². The van der Waals surface area contributed by atoms with Gasteiger partial charge in [0.15, 0.2) is 0 Å². The molecule has 5 aromatic rings. The quantitative estimate of drug-likeness (QED) is 0.380. The number of carbonyl (C=O) groups excluding carboxylic acids is 2. The van der Waals surface area contributed by atoms with Crippen LogP contribution in [0.4, 0.5) is 5.69 Å². The SMILES string of the molecule is CCOC(=O)c1ccc(NC(=O)c2cc3c(=O)n4ccccc4nc3n2Cc2ccccc2)cc1. The lowest BCUT2D eigenvalue weighted by atomic mass is 10.2. The Morgan fingerprint density at radius 2 is 1.71 bits per heavy atom. The summed E-state index contributed by atoms with van der Waals surface area (Å²) in [6.07, 6.45) is 1.66. The molecule has 0 atom stereocenters. The van der Waals surface area contributed by atoms with Crippen molar-refractivity contribution in [2.45, 2.75) is 13.5 Å². The zero-order chi connectivity index (χ0) is 24.4. The molecule has 0 unspecified atom stereocenters. The van der Waals surface area contributed by atoms with Gasteiger partial charge in [-0.05, 0) is 55.0 Å². The van der Waals surface area contributed by atoms with Gasteiger partial charge in [-0.25, -0.2) is 9.78 Å². The van der Waals surface area contributed by atoms with E-state index in [1.807, 2.05) is 36.4 Å². The Morgan fingerprint density at radius 3 is 2.46 bits per heavy atom. The molecular weight excluding hydrogens is 444 g/mol. The average Bonchev–Trinajstić information content (AvgIpc) is 3.24. The lowest BCUT2D eigenvalue weighted by molar-refractivity contribution is 0.0526. The normalized spacial score (nSPS) is 11.0. The number of anilines is 1. The number of hydrogen-bond acceptors (Lipinski definition) is 5. The van der Waals surface area contributed by atoms with E-state index in [2.05, 4.69) is 10.3 Å². The summed E-state index contributed by atoms with van der Waals surface area (Å²) in [5.74, 6) is -0.816. The molecule has 0 saturated heterocycles. The molecule has 0 aliphatic carbocycles. The molecule has 0 saturated carbocycles. The van der Waals surface area contributed by atoms with E-state index in [0.29, 0.717) is 40.2 Å². The van der Waals surface area contributed by atoms with E-state index >= 15 is 0 Å². The van der Waals surface area contributed by atoms with Gasteiger partial charge in [0.1, 0.15) is 17.0 Å². The number of ether oxygens (including phenoxy) is 1. The van der Waals surface area contributed by atoms with E-state index in [4.69, 9.17) is 4.74 Å². The molecule has 0 bridgehead atoms. The van der Waals surface area contributed by atoms with Crippen molar-refractivity contribution in [2.75, 3.05) is 11.9 Å². The third-order valence-electron chi connectivity index (χ3n) is 5.65. The molecule has 0 radical (unpaired) electrons. The third-order valence-corrected chi connectivity index (χ3v) is 5.65. The predicted molar refractivity (Wildman–Crippen MR) is 133 cm³/mol. The number of rotatable bonds is 6. The first kappa shape index (κ1) is 22.1. The van der Waals surface area contributed by atoms with Crippen molar-refractivity contribution < 1.29 is 14.3 Å². The summed E-state index contributed by atoms with van der Waals surface area (Å²) in [4.78, 5) is 43.1. The fourth-order valence-corrected chi connectivity index (χ4v) is 3.97. The van der Waals surface area contributed by atoms with Crippen LogP contribution in [0.2, 0.25) is 0 Å². The van der Waals surface area contributed by atoms with Gasteiger partial charge in [-0.2, -0.15) is 0 Å². The Labute approximate surface area is 200 Å². The number of carbonyl (C=O) groups is 2. The second-order valence-corrected chi connectivity index (χ2v) is 7.94. The van der Waals surface area contributed by atoms with Gasteiger partial charge in [0, 0.05) is 18.4 Å². The fourth-order valence-electron chi connectivity index (χ4n) is 3.97. The van der Waals surface area contributed by atoms with E-state index in [9.17, 15) is 14.4 Å². The van der Waals surface area contributed by atoms with E-state index in [1.54, 1.807) is 60.2 Å². The van der Waals surface area contributed by atoms with Crippen molar-refractivity contribution in [2.24, 2.45) is 0 Å². The highest BCUT2D eigenvalue weighted by Crippen LogP contribution is 2.20. The van der Waals surface area contributed by atoms with Gasteiger partial charge in [-0.1, -0.05) is 36.4 Å². The minimum Gasteiger partial charge on any atom is -0.462 e. The number of nitrogens with zero attached hydrogens (tertiary/aromatic N) is 3. The van der Waals surface area contributed by atoms with Crippen LogP contribution in [0.3, 0.4) is 0 Å². The number of pyridine rings is 1. The first-order valence-electron chi connectivity index (χ1n) is 11.2. The summed E-state index contributed by atoms with van der Waals surface area (Å²) in [7, 11) is 0. The Kier molecular flexibility index (Phi) is 5.85. The molecule has 35 heavy (non-hydrogen) atoms. The van der Waals surface area contributed by atoms with Crippen LogP contribution in [0.5, 0.6) is 0 Å². The summed E-state index contributed by atoms with van der Waals surface area (Å²) in [6.45, 7) is 2.39. The highest BCUT2D eigenvalue weighted by Gasteiger charge is 2.20. The smallest absolute Gasteiger partial charge is 0.338 e. The maximum atomic E-state index is 13.4. The summed E-state index contributed by atoms with van der Waals surface area (Å²) < 4.78 is 8.21. The van der Waals surface area contributed by atoms with Crippen LogP contribution in [-0.4, -0.2) is 32.4 Å². The molecule has 0 fully saturated rings. The van der Waals surface area contributed by atoms with Crippen LogP contribution in [0.1, 0.15) is 33.3 Å². The first-order valence-corrected chi connectivity index (χ1v) is 11.2. The monoisotopic (exact) mass is 466 g/mol. The molecule has 2 aromatic carbocycles. The maximum Gasteiger partial charge on any atom is 0.338 e.